The quantitative estimate of drug-likeness (QED) is 0.699. The molecule has 0 saturated heterocycles. The molecule has 1 aliphatic heterocycles. The van der Waals surface area contributed by atoms with Crippen molar-refractivity contribution in [1.82, 2.24) is 19.8 Å². The van der Waals surface area contributed by atoms with E-state index in [2.05, 4.69) is 10.2 Å². The Bertz CT molecular complexity index is 1140. The molecule has 0 saturated carbocycles. The summed E-state index contributed by atoms with van der Waals surface area (Å²) in [5.41, 5.74) is 0.300. The third-order valence-corrected chi connectivity index (χ3v) is 5.70. The first-order valence-electron chi connectivity index (χ1n) is 8.95. The fourth-order valence-electron chi connectivity index (χ4n) is 3.19. The maximum absolute atomic E-state index is 13.1. The normalized spacial score (nSPS) is 13.7. The van der Waals surface area contributed by atoms with Crippen LogP contribution in [0.25, 0.3) is 10.6 Å². The van der Waals surface area contributed by atoms with E-state index in [4.69, 9.17) is 0 Å². The Morgan fingerprint density at radius 2 is 1.93 bits per heavy atom. The Morgan fingerprint density at radius 3 is 2.62 bits per heavy atom. The van der Waals surface area contributed by atoms with Crippen LogP contribution in [0, 0.1) is 5.82 Å². The van der Waals surface area contributed by atoms with E-state index in [0.717, 1.165) is 5.56 Å². The number of carbonyl (C=O) groups is 1. The molecule has 0 bridgehead atoms. The number of nitrogens with zero attached hydrogens (tertiary/aromatic N) is 5. The lowest BCUT2D eigenvalue weighted by Crippen LogP contribution is -2.52. The van der Waals surface area contributed by atoms with Crippen LogP contribution in [0.2, 0.25) is 0 Å². The van der Waals surface area contributed by atoms with Crippen LogP contribution in [0.1, 0.15) is 28.0 Å². The summed E-state index contributed by atoms with van der Waals surface area (Å²) in [7, 11) is 1.76. The van der Waals surface area contributed by atoms with Gasteiger partial charge in [-0.15, -0.1) is 10.2 Å². The van der Waals surface area contributed by atoms with Gasteiger partial charge in [0.15, 0.2) is 16.5 Å². The molecule has 1 N–H and O–H groups in total. The second-order valence-corrected chi connectivity index (χ2v) is 7.74. The molecule has 8 nitrogen and oxygen atoms in total. The van der Waals surface area contributed by atoms with Crippen LogP contribution < -0.4 is 10.4 Å². The number of halogens is 1. The molecule has 3 heterocycles. The SMILES string of the molecule is CCN1CN(C)n2cc(-c3nnc(Cc4ccc(F)cc4)s3)c(=O)c(O)c2C1=O. The molecular formula is C19H18FN5O3S. The van der Waals surface area contributed by atoms with Crippen LogP contribution in [0.3, 0.4) is 0 Å². The number of pyridine rings is 1. The summed E-state index contributed by atoms with van der Waals surface area (Å²) in [6, 6.07) is 6.07. The minimum atomic E-state index is -0.666. The number of fused-ring (bicyclic) bond motifs is 1. The van der Waals surface area contributed by atoms with Crippen molar-refractivity contribution in [3.05, 3.63) is 62.8 Å². The topological polar surface area (TPSA) is 91.6 Å². The van der Waals surface area contributed by atoms with Gasteiger partial charge in [-0.1, -0.05) is 23.5 Å². The molecule has 0 radical (unpaired) electrons. The molecule has 3 aromatic rings. The van der Waals surface area contributed by atoms with Gasteiger partial charge in [0.2, 0.25) is 5.43 Å². The number of carbonyl (C=O) groups excluding carboxylic acids is 1. The Labute approximate surface area is 169 Å². The Balaban J connectivity index is 1.72. The predicted octanol–water partition coefficient (Wildman–Crippen LogP) is 1.80. The first-order valence-corrected chi connectivity index (χ1v) is 9.77. The van der Waals surface area contributed by atoms with Crippen LogP contribution in [-0.4, -0.2) is 51.0 Å². The fraction of sp³-hybridized carbons (Fsp3) is 0.263. The van der Waals surface area contributed by atoms with Crippen LogP contribution >= 0.6 is 11.3 Å². The van der Waals surface area contributed by atoms with E-state index >= 15 is 0 Å². The minimum Gasteiger partial charge on any atom is -0.502 e. The zero-order chi connectivity index (χ0) is 20.7. The van der Waals surface area contributed by atoms with Crippen molar-refractivity contribution in [3.8, 4) is 16.3 Å². The fourth-order valence-corrected chi connectivity index (χ4v) is 4.07. The maximum Gasteiger partial charge on any atom is 0.277 e. The lowest BCUT2D eigenvalue weighted by Gasteiger charge is -2.37. The number of aromatic hydroxyl groups is 1. The van der Waals surface area contributed by atoms with Crippen LogP contribution in [0.15, 0.2) is 35.3 Å². The van der Waals surface area contributed by atoms with Gasteiger partial charge < -0.3 is 10.0 Å². The standard InChI is InChI=1S/C19H18FN5O3S/c1-3-24-10-23(2)25-9-13(16(26)17(27)15(25)19(24)28)18-22-21-14(29-18)8-11-4-6-12(20)7-5-11/h4-7,9,27H,3,8,10H2,1-2H3. The zero-order valence-electron chi connectivity index (χ0n) is 15.8. The zero-order valence-corrected chi connectivity index (χ0v) is 16.6. The monoisotopic (exact) mass is 415 g/mol. The second kappa shape index (κ2) is 7.28. The van der Waals surface area contributed by atoms with Crippen LogP contribution in [0.5, 0.6) is 5.75 Å². The molecule has 0 unspecified atom stereocenters. The number of rotatable bonds is 4. The summed E-state index contributed by atoms with van der Waals surface area (Å²) in [6.45, 7) is 2.62. The van der Waals surface area contributed by atoms with Gasteiger partial charge in [-0.05, 0) is 24.6 Å². The van der Waals surface area contributed by atoms with Gasteiger partial charge in [0.1, 0.15) is 17.5 Å². The van der Waals surface area contributed by atoms with Crippen molar-refractivity contribution in [1.29, 1.82) is 0 Å². The van der Waals surface area contributed by atoms with E-state index in [1.165, 1.54) is 39.2 Å². The highest BCUT2D eigenvalue weighted by Gasteiger charge is 2.32. The lowest BCUT2D eigenvalue weighted by molar-refractivity contribution is 0.0704. The predicted molar refractivity (Wildman–Crippen MR) is 106 cm³/mol. The smallest absolute Gasteiger partial charge is 0.277 e. The van der Waals surface area contributed by atoms with Gasteiger partial charge in [-0.25, -0.2) is 4.39 Å². The third-order valence-electron chi connectivity index (χ3n) is 4.75. The van der Waals surface area contributed by atoms with Crippen molar-refractivity contribution in [3.63, 3.8) is 0 Å². The average Bonchev–Trinajstić information content (AvgIpc) is 3.16. The summed E-state index contributed by atoms with van der Waals surface area (Å²) >= 11 is 1.21. The lowest BCUT2D eigenvalue weighted by atomic mass is 10.2. The molecule has 0 atom stereocenters. The van der Waals surface area contributed by atoms with E-state index in [1.807, 2.05) is 6.92 Å². The van der Waals surface area contributed by atoms with E-state index in [9.17, 15) is 19.1 Å². The molecule has 0 aliphatic carbocycles. The van der Waals surface area contributed by atoms with E-state index < -0.39 is 17.1 Å². The maximum atomic E-state index is 13.1. The Morgan fingerprint density at radius 1 is 1.21 bits per heavy atom. The number of hydrogen-bond acceptors (Lipinski definition) is 7. The summed E-state index contributed by atoms with van der Waals surface area (Å²) in [5, 5.41) is 21.4. The van der Waals surface area contributed by atoms with Crippen molar-refractivity contribution < 1.29 is 14.3 Å². The Kier molecular flexibility index (Phi) is 4.79. The van der Waals surface area contributed by atoms with Gasteiger partial charge in [0.25, 0.3) is 5.91 Å². The van der Waals surface area contributed by atoms with Crippen molar-refractivity contribution in [2.75, 3.05) is 25.3 Å². The highest BCUT2D eigenvalue weighted by molar-refractivity contribution is 7.14. The first kappa shape index (κ1) is 19.1. The molecule has 29 heavy (non-hydrogen) atoms. The average molecular weight is 415 g/mol. The molecule has 4 rings (SSSR count). The van der Waals surface area contributed by atoms with E-state index in [0.29, 0.717) is 29.6 Å². The van der Waals surface area contributed by atoms with Gasteiger partial charge in [0.05, 0.1) is 5.56 Å². The third kappa shape index (κ3) is 3.35. The second-order valence-electron chi connectivity index (χ2n) is 6.68. The number of benzene rings is 1. The van der Waals surface area contributed by atoms with E-state index in [-0.39, 0.29) is 17.1 Å². The molecule has 1 aromatic carbocycles. The summed E-state index contributed by atoms with van der Waals surface area (Å²) in [6.07, 6.45) is 1.95. The van der Waals surface area contributed by atoms with Crippen molar-refractivity contribution in [2.24, 2.45) is 0 Å². The van der Waals surface area contributed by atoms with Gasteiger partial charge in [-0.3, -0.25) is 19.3 Å². The molecular weight excluding hydrogens is 397 g/mol. The molecule has 2 aromatic heterocycles. The molecule has 0 spiro atoms. The number of amides is 1. The van der Waals surface area contributed by atoms with Crippen LogP contribution in [0.4, 0.5) is 4.39 Å². The molecule has 1 amide bonds. The van der Waals surface area contributed by atoms with Crippen molar-refractivity contribution in [2.45, 2.75) is 13.3 Å². The summed E-state index contributed by atoms with van der Waals surface area (Å²) < 4.78 is 14.5. The molecule has 150 valence electrons. The highest BCUT2D eigenvalue weighted by Crippen LogP contribution is 2.27. The molecule has 10 heteroatoms. The molecule has 0 fully saturated rings. The van der Waals surface area contributed by atoms with Gasteiger partial charge in [-0.2, -0.15) is 0 Å². The van der Waals surface area contributed by atoms with Gasteiger partial charge in [0, 0.05) is 26.2 Å². The number of aromatic nitrogens is 3. The van der Waals surface area contributed by atoms with E-state index in [1.54, 1.807) is 24.2 Å². The first-order chi connectivity index (χ1) is 13.9. The van der Waals surface area contributed by atoms with Gasteiger partial charge >= 0.3 is 0 Å². The largest absolute Gasteiger partial charge is 0.502 e. The summed E-state index contributed by atoms with van der Waals surface area (Å²) in [4.78, 5) is 26.8. The number of hydrogen-bond donors (Lipinski definition) is 1. The minimum absolute atomic E-state index is 0.0644. The highest BCUT2D eigenvalue weighted by atomic mass is 32.1. The van der Waals surface area contributed by atoms with Crippen LogP contribution in [-0.2, 0) is 6.42 Å². The Hall–Kier alpha value is -3.27. The summed E-state index contributed by atoms with van der Waals surface area (Å²) in [5.74, 6) is -1.32. The molecule has 1 aliphatic rings. The van der Waals surface area contributed by atoms with Crippen molar-refractivity contribution >= 4 is 17.2 Å².